The molecule has 8 nitrogen and oxygen atoms in total. The predicted molar refractivity (Wildman–Crippen MR) is 146 cm³/mol. The number of nitrogens with one attached hydrogen (secondary N) is 3. The van der Waals surface area contributed by atoms with Gasteiger partial charge in [-0.25, -0.2) is 4.98 Å². The first-order valence-corrected chi connectivity index (χ1v) is 12.7. The van der Waals surface area contributed by atoms with Gasteiger partial charge in [0.05, 0.1) is 5.03 Å². The number of aryl methyl sites for hydroxylation is 1. The Morgan fingerprint density at radius 3 is 2.41 bits per heavy atom. The first-order chi connectivity index (χ1) is 17.8. The molecule has 0 saturated heterocycles. The summed E-state index contributed by atoms with van der Waals surface area (Å²) >= 11 is 1.50. The quantitative estimate of drug-likeness (QED) is 0.355. The highest BCUT2D eigenvalue weighted by atomic mass is 32.2. The van der Waals surface area contributed by atoms with Crippen molar-refractivity contribution in [1.82, 2.24) is 15.3 Å². The van der Waals surface area contributed by atoms with Crippen molar-refractivity contribution in [2.45, 2.75) is 33.6 Å². The third kappa shape index (κ3) is 6.77. The van der Waals surface area contributed by atoms with E-state index in [0.29, 0.717) is 22.9 Å². The number of carbonyl (C=O) groups is 3. The van der Waals surface area contributed by atoms with Gasteiger partial charge in [-0.1, -0.05) is 47.7 Å². The van der Waals surface area contributed by atoms with Gasteiger partial charge in [0.1, 0.15) is 17.2 Å². The standard InChI is InChI=1S/C28H28N4O4S/c1-17-7-9-20(10-8-17)24-25(27(35)32-28-18(2)6-4-5-15-37-28)31-26(30-24)21-11-13-22(14-12-21)29-23(34)16-36-19(3)33/h5,7-15H,4,6,16H2,1-3H3,(H,29,34)(H,30,31)(H,32,35). The summed E-state index contributed by atoms with van der Waals surface area (Å²) in [5, 5.41) is 8.56. The zero-order chi connectivity index (χ0) is 26.4. The van der Waals surface area contributed by atoms with Crippen LogP contribution in [-0.2, 0) is 14.3 Å². The Kier molecular flexibility index (Phi) is 8.25. The molecule has 1 aliphatic heterocycles. The summed E-state index contributed by atoms with van der Waals surface area (Å²) in [6.07, 6.45) is 3.94. The number of rotatable bonds is 7. The van der Waals surface area contributed by atoms with Crippen molar-refractivity contribution in [2.24, 2.45) is 0 Å². The fourth-order valence-electron chi connectivity index (χ4n) is 3.67. The second kappa shape index (κ2) is 11.7. The summed E-state index contributed by atoms with van der Waals surface area (Å²) in [5.41, 5.74) is 5.28. The monoisotopic (exact) mass is 516 g/mol. The van der Waals surface area contributed by atoms with Gasteiger partial charge in [0.15, 0.2) is 6.61 Å². The summed E-state index contributed by atoms with van der Waals surface area (Å²) in [6.45, 7) is 4.93. The Morgan fingerprint density at radius 1 is 1.00 bits per heavy atom. The van der Waals surface area contributed by atoms with Crippen molar-refractivity contribution in [2.75, 3.05) is 11.9 Å². The molecule has 3 N–H and O–H groups in total. The van der Waals surface area contributed by atoms with E-state index in [1.807, 2.05) is 43.5 Å². The molecule has 2 amide bonds. The van der Waals surface area contributed by atoms with Crippen LogP contribution in [0.2, 0.25) is 0 Å². The van der Waals surface area contributed by atoms with E-state index in [2.05, 4.69) is 21.7 Å². The molecule has 2 aromatic carbocycles. The van der Waals surface area contributed by atoms with E-state index in [1.165, 1.54) is 18.7 Å². The maximum absolute atomic E-state index is 13.4. The van der Waals surface area contributed by atoms with E-state index in [0.717, 1.165) is 40.1 Å². The Balaban J connectivity index is 1.61. The number of anilines is 1. The van der Waals surface area contributed by atoms with Crippen molar-refractivity contribution in [3.63, 3.8) is 0 Å². The van der Waals surface area contributed by atoms with Gasteiger partial charge in [0.25, 0.3) is 11.8 Å². The summed E-state index contributed by atoms with van der Waals surface area (Å²) in [6, 6.07) is 14.9. The molecule has 1 aromatic heterocycles. The largest absolute Gasteiger partial charge is 0.456 e. The van der Waals surface area contributed by atoms with Crippen molar-refractivity contribution in [1.29, 1.82) is 0 Å². The minimum absolute atomic E-state index is 0.263. The zero-order valence-electron chi connectivity index (χ0n) is 20.9. The Bertz CT molecular complexity index is 1370. The second-order valence-electron chi connectivity index (χ2n) is 8.67. The van der Waals surface area contributed by atoms with Gasteiger partial charge in [-0.3, -0.25) is 14.4 Å². The van der Waals surface area contributed by atoms with Crippen LogP contribution in [0.25, 0.3) is 22.6 Å². The van der Waals surface area contributed by atoms with Gasteiger partial charge in [0, 0.05) is 23.7 Å². The number of carbonyl (C=O) groups excluding carboxylic acids is 3. The Labute approximate surface area is 219 Å². The van der Waals surface area contributed by atoms with Gasteiger partial charge in [-0.15, -0.1) is 0 Å². The van der Waals surface area contributed by atoms with Crippen LogP contribution in [0, 0.1) is 6.92 Å². The molecule has 0 saturated carbocycles. The minimum atomic E-state index is -0.520. The van der Waals surface area contributed by atoms with Crippen molar-refractivity contribution in [3.8, 4) is 22.6 Å². The van der Waals surface area contributed by atoms with E-state index in [1.54, 1.807) is 24.3 Å². The van der Waals surface area contributed by atoms with Crippen LogP contribution in [0.5, 0.6) is 0 Å². The molecule has 0 spiro atoms. The molecule has 190 valence electrons. The number of aromatic amines is 1. The molecule has 2 heterocycles. The van der Waals surface area contributed by atoms with Gasteiger partial charge >= 0.3 is 5.97 Å². The van der Waals surface area contributed by atoms with E-state index < -0.39 is 11.9 Å². The molecule has 37 heavy (non-hydrogen) atoms. The smallest absolute Gasteiger partial charge is 0.303 e. The molecule has 3 aromatic rings. The van der Waals surface area contributed by atoms with E-state index >= 15 is 0 Å². The maximum atomic E-state index is 13.4. The molecule has 0 unspecified atom stereocenters. The number of allylic oxidation sites excluding steroid dienone is 2. The van der Waals surface area contributed by atoms with Gasteiger partial charge < -0.3 is 20.4 Å². The lowest BCUT2D eigenvalue weighted by Gasteiger charge is -2.10. The number of nitrogens with zero attached hydrogens (tertiary/aromatic N) is 1. The third-order valence-corrected chi connectivity index (χ3v) is 6.70. The molecule has 0 bridgehead atoms. The number of hydrogen-bond acceptors (Lipinski definition) is 6. The highest BCUT2D eigenvalue weighted by Gasteiger charge is 2.21. The molecule has 4 rings (SSSR count). The number of aromatic nitrogens is 2. The van der Waals surface area contributed by atoms with Crippen molar-refractivity contribution >= 4 is 35.2 Å². The zero-order valence-corrected chi connectivity index (χ0v) is 21.7. The SMILES string of the molecule is CC(=O)OCC(=O)Nc1ccc(-c2nc(-c3ccc(C)cc3)c(C(=O)NC3=C(C)CCC=CS3)[nH]2)cc1. The van der Waals surface area contributed by atoms with E-state index in [9.17, 15) is 14.4 Å². The number of ether oxygens (including phenoxy) is 1. The first-order valence-electron chi connectivity index (χ1n) is 11.8. The highest BCUT2D eigenvalue weighted by Crippen LogP contribution is 2.29. The van der Waals surface area contributed by atoms with Crippen LogP contribution >= 0.6 is 11.8 Å². The molecular formula is C28H28N4O4S. The molecule has 1 aliphatic rings. The average Bonchev–Trinajstić information content (AvgIpc) is 3.23. The second-order valence-corrected chi connectivity index (χ2v) is 9.59. The van der Waals surface area contributed by atoms with Crippen LogP contribution in [0.1, 0.15) is 42.7 Å². The van der Waals surface area contributed by atoms with Crippen LogP contribution in [-0.4, -0.2) is 34.4 Å². The summed E-state index contributed by atoms with van der Waals surface area (Å²) in [7, 11) is 0. The van der Waals surface area contributed by atoms with E-state index in [4.69, 9.17) is 9.72 Å². The highest BCUT2D eigenvalue weighted by molar-refractivity contribution is 8.05. The van der Waals surface area contributed by atoms with E-state index in [-0.39, 0.29) is 12.5 Å². The fourth-order valence-corrected chi connectivity index (χ4v) is 4.49. The number of thioether (sulfide) groups is 1. The van der Waals surface area contributed by atoms with Crippen LogP contribution in [0.15, 0.2) is 70.6 Å². The lowest BCUT2D eigenvalue weighted by molar-refractivity contribution is -0.144. The molecule has 9 heteroatoms. The summed E-state index contributed by atoms with van der Waals surface area (Å²) < 4.78 is 4.71. The molecule has 0 fully saturated rings. The number of hydrogen-bond donors (Lipinski definition) is 3. The molecular weight excluding hydrogens is 488 g/mol. The van der Waals surface area contributed by atoms with Crippen molar-refractivity contribution in [3.05, 3.63) is 81.9 Å². The van der Waals surface area contributed by atoms with Crippen LogP contribution in [0.4, 0.5) is 5.69 Å². The summed E-state index contributed by atoms with van der Waals surface area (Å²) in [5.74, 6) is -0.691. The number of benzene rings is 2. The van der Waals surface area contributed by atoms with Gasteiger partial charge in [0.2, 0.25) is 0 Å². The Morgan fingerprint density at radius 2 is 1.70 bits per heavy atom. The number of amides is 2. The average molecular weight is 517 g/mol. The van der Waals surface area contributed by atoms with Crippen LogP contribution in [0.3, 0.4) is 0 Å². The first kappa shape index (κ1) is 26.0. The number of imidazole rings is 1. The maximum Gasteiger partial charge on any atom is 0.303 e. The molecule has 0 atom stereocenters. The molecule has 0 aliphatic carbocycles. The topological polar surface area (TPSA) is 113 Å². The van der Waals surface area contributed by atoms with Crippen LogP contribution < -0.4 is 10.6 Å². The number of H-pyrrole nitrogens is 1. The Hall–Kier alpha value is -4.11. The minimum Gasteiger partial charge on any atom is -0.456 e. The fraction of sp³-hybridized carbons (Fsp3) is 0.214. The van der Waals surface area contributed by atoms with Gasteiger partial charge in [-0.05, 0) is 61.9 Å². The summed E-state index contributed by atoms with van der Waals surface area (Å²) in [4.78, 5) is 44.2. The predicted octanol–water partition coefficient (Wildman–Crippen LogP) is 5.56. The number of esters is 1. The van der Waals surface area contributed by atoms with Gasteiger partial charge in [-0.2, -0.15) is 0 Å². The third-order valence-electron chi connectivity index (χ3n) is 5.69. The van der Waals surface area contributed by atoms with Crippen molar-refractivity contribution < 1.29 is 19.1 Å². The lowest BCUT2D eigenvalue weighted by Crippen LogP contribution is -2.23. The lowest BCUT2D eigenvalue weighted by atomic mass is 10.1. The molecule has 0 radical (unpaired) electrons. The normalized spacial score (nSPS) is 13.2.